The van der Waals surface area contributed by atoms with Gasteiger partial charge in [-0.05, 0) is 60.2 Å². The molecule has 1 saturated heterocycles. The minimum absolute atomic E-state index is 0.0378. The van der Waals surface area contributed by atoms with E-state index in [1.165, 1.54) is 24.3 Å². The Labute approximate surface area is 247 Å². The monoisotopic (exact) mass is 586 g/mol. The molecule has 1 aliphatic heterocycles. The molecular formula is C32H29F3N6O2. The first-order valence-electron chi connectivity index (χ1n) is 13.8. The molecule has 8 nitrogen and oxygen atoms in total. The van der Waals surface area contributed by atoms with Crippen molar-refractivity contribution in [2.45, 2.75) is 31.7 Å². The average molecular weight is 587 g/mol. The highest BCUT2D eigenvalue weighted by molar-refractivity contribution is 5.74. The summed E-state index contributed by atoms with van der Waals surface area (Å²) in [5.41, 5.74) is 1.52. The fourth-order valence-electron chi connectivity index (χ4n) is 5.38. The number of imidazole rings is 1. The summed E-state index contributed by atoms with van der Waals surface area (Å²) >= 11 is 0. The third kappa shape index (κ3) is 6.38. The summed E-state index contributed by atoms with van der Waals surface area (Å²) in [6, 6.07) is 17.5. The number of ether oxygens (including phenoxy) is 1. The Morgan fingerprint density at radius 3 is 2.40 bits per heavy atom. The number of hydrogen-bond acceptors (Lipinski definition) is 7. The van der Waals surface area contributed by atoms with E-state index in [-0.39, 0.29) is 35.8 Å². The van der Waals surface area contributed by atoms with Crippen LogP contribution in [0.4, 0.5) is 19.0 Å². The van der Waals surface area contributed by atoms with Gasteiger partial charge in [-0.15, -0.1) is 0 Å². The predicted molar refractivity (Wildman–Crippen MR) is 152 cm³/mol. The molecule has 0 aliphatic carbocycles. The first-order valence-corrected chi connectivity index (χ1v) is 13.8. The lowest BCUT2D eigenvalue weighted by Crippen LogP contribution is -2.36. The zero-order chi connectivity index (χ0) is 30.6. The van der Waals surface area contributed by atoms with E-state index in [4.69, 9.17) is 9.72 Å². The van der Waals surface area contributed by atoms with Crippen LogP contribution in [0, 0.1) is 28.6 Å². The molecule has 1 N–H and O–H groups in total. The second kappa shape index (κ2) is 12.7. The third-order valence-electron chi connectivity index (χ3n) is 7.74. The summed E-state index contributed by atoms with van der Waals surface area (Å²) in [6.45, 7) is 1.51. The second-order valence-corrected chi connectivity index (χ2v) is 10.5. The van der Waals surface area contributed by atoms with Gasteiger partial charge in [0.15, 0.2) is 0 Å². The molecule has 1 unspecified atom stereocenters. The molecule has 0 amide bonds. The minimum Gasteiger partial charge on any atom is -0.396 e. The molecule has 5 rings (SSSR count). The van der Waals surface area contributed by atoms with Gasteiger partial charge in [-0.25, -0.2) is 9.97 Å². The Kier molecular flexibility index (Phi) is 8.76. The van der Waals surface area contributed by atoms with Crippen LogP contribution < -0.4 is 4.90 Å². The van der Waals surface area contributed by atoms with Gasteiger partial charge in [0.2, 0.25) is 0 Å². The highest BCUT2D eigenvalue weighted by atomic mass is 19.4. The number of nitriles is 2. The number of aromatic nitrogens is 3. The maximum atomic E-state index is 13.9. The van der Waals surface area contributed by atoms with Gasteiger partial charge in [0.25, 0.3) is 0 Å². The molecule has 1 aliphatic rings. The van der Waals surface area contributed by atoms with Gasteiger partial charge < -0.3 is 19.3 Å². The summed E-state index contributed by atoms with van der Waals surface area (Å²) in [6.07, 6.45) is -0.546. The zero-order valence-corrected chi connectivity index (χ0v) is 23.4. The maximum Gasteiger partial charge on any atom is 0.417 e. The van der Waals surface area contributed by atoms with Crippen molar-refractivity contribution in [1.29, 1.82) is 10.5 Å². The van der Waals surface area contributed by atoms with Gasteiger partial charge in [-0.1, -0.05) is 24.3 Å². The van der Waals surface area contributed by atoms with Crippen LogP contribution in [-0.4, -0.2) is 39.3 Å². The summed E-state index contributed by atoms with van der Waals surface area (Å²) in [4.78, 5) is 11.0. The van der Waals surface area contributed by atoms with E-state index in [1.54, 1.807) is 48.4 Å². The molecule has 1 fully saturated rings. The molecule has 0 bridgehead atoms. The molecule has 0 saturated carbocycles. The lowest BCUT2D eigenvalue weighted by atomic mass is 9.92. The molecule has 220 valence electrons. The van der Waals surface area contributed by atoms with Gasteiger partial charge in [-0.2, -0.15) is 23.7 Å². The largest absolute Gasteiger partial charge is 0.417 e. The fraction of sp³-hybridized carbons (Fsp3) is 0.312. The number of aliphatic hydroxyl groups is 1. The number of alkyl halides is 3. The van der Waals surface area contributed by atoms with E-state index >= 15 is 0 Å². The summed E-state index contributed by atoms with van der Waals surface area (Å²) in [5, 5.41) is 29.0. The first kappa shape index (κ1) is 29.8. The summed E-state index contributed by atoms with van der Waals surface area (Å²) < 4.78 is 49.9. The Morgan fingerprint density at radius 2 is 1.74 bits per heavy atom. The number of benzene rings is 2. The number of aryl methyl sites for hydroxylation is 1. The van der Waals surface area contributed by atoms with E-state index in [1.807, 2.05) is 11.0 Å². The van der Waals surface area contributed by atoms with Crippen molar-refractivity contribution in [1.82, 2.24) is 14.5 Å². The third-order valence-corrected chi connectivity index (χ3v) is 7.74. The van der Waals surface area contributed by atoms with Crippen molar-refractivity contribution in [3.8, 4) is 23.3 Å². The average Bonchev–Trinajstić information content (AvgIpc) is 3.45. The van der Waals surface area contributed by atoms with Gasteiger partial charge >= 0.3 is 6.18 Å². The Balaban J connectivity index is 1.50. The number of anilines is 1. The molecule has 2 aromatic heterocycles. The Bertz CT molecular complexity index is 1680. The number of aliphatic hydroxyl groups excluding tert-OH is 1. The normalized spacial score (nSPS) is 14.7. The maximum absolute atomic E-state index is 13.9. The molecule has 0 spiro atoms. The number of piperidine rings is 1. The van der Waals surface area contributed by atoms with Crippen molar-refractivity contribution in [3.05, 3.63) is 101 Å². The molecule has 1 atom stereocenters. The molecule has 2 aromatic carbocycles. The molecule has 11 heteroatoms. The summed E-state index contributed by atoms with van der Waals surface area (Å²) in [5.74, 6) is 0.787. The van der Waals surface area contributed by atoms with E-state index in [0.29, 0.717) is 41.4 Å². The number of hydrogen-bond donors (Lipinski definition) is 1. The lowest BCUT2D eigenvalue weighted by molar-refractivity contribution is -0.137. The van der Waals surface area contributed by atoms with E-state index in [2.05, 4.69) is 11.1 Å². The van der Waals surface area contributed by atoms with Gasteiger partial charge in [0.05, 0.1) is 53.3 Å². The number of rotatable bonds is 8. The minimum atomic E-state index is -4.61. The fourth-order valence-corrected chi connectivity index (χ4v) is 5.38. The second-order valence-electron chi connectivity index (χ2n) is 10.5. The van der Waals surface area contributed by atoms with Crippen LogP contribution in [0.15, 0.2) is 67.1 Å². The van der Waals surface area contributed by atoms with Crippen LogP contribution in [0.25, 0.3) is 11.1 Å². The van der Waals surface area contributed by atoms with Crippen LogP contribution in [0.2, 0.25) is 0 Å². The van der Waals surface area contributed by atoms with Crippen LogP contribution in [0.3, 0.4) is 0 Å². The van der Waals surface area contributed by atoms with Crippen LogP contribution in [0.1, 0.15) is 52.6 Å². The first-order chi connectivity index (χ1) is 20.7. The lowest BCUT2D eigenvalue weighted by Gasteiger charge is -2.32. The molecular weight excluding hydrogens is 557 g/mol. The highest BCUT2D eigenvalue weighted by Gasteiger charge is 2.34. The van der Waals surface area contributed by atoms with Crippen LogP contribution >= 0.6 is 0 Å². The summed E-state index contributed by atoms with van der Waals surface area (Å²) in [7, 11) is 1.79. The number of nitrogens with zero attached hydrogens (tertiary/aromatic N) is 6. The van der Waals surface area contributed by atoms with Gasteiger partial charge in [-0.3, -0.25) is 0 Å². The van der Waals surface area contributed by atoms with E-state index < -0.39 is 17.8 Å². The van der Waals surface area contributed by atoms with Gasteiger partial charge in [0.1, 0.15) is 18.0 Å². The molecule has 3 heterocycles. The highest BCUT2D eigenvalue weighted by Crippen LogP contribution is 2.40. The molecule has 4 aromatic rings. The number of halogens is 3. The zero-order valence-electron chi connectivity index (χ0n) is 23.4. The van der Waals surface area contributed by atoms with E-state index in [0.717, 1.165) is 18.9 Å². The Hall–Kier alpha value is -4.71. The SMILES string of the molecule is Cn1cncc1C(OCc1ccc(C#N)c(N2CCC(CO)CC2)n1)c1ccc(C#N)c(-c2ccccc2C(F)(F)F)c1. The van der Waals surface area contributed by atoms with E-state index in [9.17, 15) is 28.8 Å². The smallest absolute Gasteiger partial charge is 0.396 e. The Morgan fingerprint density at radius 1 is 1.02 bits per heavy atom. The van der Waals surface area contributed by atoms with Crippen molar-refractivity contribution < 1.29 is 23.0 Å². The number of pyridine rings is 1. The van der Waals surface area contributed by atoms with Crippen LogP contribution in [0.5, 0.6) is 0 Å². The van der Waals surface area contributed by atoms with Crippen molar-refractivity contribution >= 4 is 5.82 Å². The molecule has 43 heavy (non-hydrogen) atoms. The quantitative estimate of drug-likeness (QED) is 0.280. The van der Waals surface area contributed by atoms with Crippen molar-refractivity contribution in [2.24, 2.45) is 13.0 Å². The van der Waals surface area contributed by atoms with Gasteiger partial charge in [0, 0.05) is 32.3 Å². The van der Waals surface area contributed by atoms with Crippen molar-refractivity contribution in [2.75, 3.05) is 24.6 Å². The van der Waals surface area contributed by atoms with Crippen molar-refractivity contribution in [3.63, 3.8) is 0 Å². The topological polar surface area (TPSA) is 111 Å². The molecule has 0 radical (unpaired) electrons. The standard InChI is InChI=1S/C32H29F3N6O2/c1-40-20-38-17-29(40)30(22-6-7-23(15-36)27(14-22)26-4-2-3-5-28(26)32(33,34)35)43-19-25-9-8-24(16-37)31(39-25)41-12-10-21(18-42)11-13-41/h2-9,14,17,20-21,30,42H,10-13,18-19H2,1H3. The predicted octanol–water partition coefficient (Wildman–Crippen LogP) is 5.76. The van der Waals surface area contributed by atoms with Crippen LogP contribution in [-0.2, 0) is 24.6 Å².